The molecule has 0 bridgehead atoms. The van der Waals surface area contributed by atoms with E-state index < -0.39 is 0 Å². The molecule has 0 aliphatic carbocycles. The van der Waals surface area contributed by atoms with Gasteiger partial charge in [-0.05, 0) is 73.6 Å². The number of hydrogen-bond donors (Lipinski definition) is 2. The first-order valence-corrected chi connectivity index (χ1v) is 12.4. The summed E-state index contributed by atoms with van der Waals surface area (Å²) < 4.78 is 4.98. The van der Waals surface area contributed by atoms with Gasteiger partial charge in [0.2, 0.25) is 17.0 Å². The third-order valence-electron chi connectivity index (χ3n) is 4.81. The number of benzene rings is 2. The molecule has 0 fully saturated rings. The number of anilines is 2. The summed E-state index contributed by atoms with van der Waals surface area (Å²) in [7, 11) is 0. The van der Waals surface area contributed by atoms with Crippen LogP contribution in [-0.4, -0.2) is 32.7 Å². The Kier molecular flexibility index (Phi) is 8.11. The van der Waals surface area contributed by atoms with Crippen molar-refractivity contribution in [2.75, 3.05) is 22.1 Å². The van der Waals surface area contributed by atoms with Crippen molar-refractivity contribution in [3.63, 3.8) is 0 Å². The van der Waals surface area contributed by atoms with E-state index in [4.69, 9.17) is 0 Å². The van der Waals surface area contributed by atoms with Crippen molar-refractivity contribution in [3.8, 4) is 0 Å². The Morgan fingerprint density at radius 1 is 0.839 bits per heavy atom. The van der Waals surface area contributed by atoms with Crippen molar-refractivity contribution in [2.45, 2.75) is 37.2 Å². The number of carbonyl (C=O) groups is 2. The molecular weight excluding hydrogens is 448 g/mol. The Morgan fingerprint density at radius 3 is 1.90 bits per heavy atom. The molecule has 0 saturated heterocycles. The number of nitrogens with zero attached hydrogens (tertiary/aromatic N) is 2. The van der Waals surface area contributed by atoms with E-state index in [1.165, 1.54) is 35.1 Å². The number of nitrogens with one attached hydrogen (secondary N) is 2. The van der Waals surface area contributed by atoms with Gasteiger partial charge in [-0.25, -0.2) is 4.98 Å². The fraction of sp³-hybridized carbons (Fsp3) is 0.273. The highest BCUT2D eigenvalue weighted by Gasteiger charge is 2.12. The second-order valence-electron chi connectivity index (χ2n) is 7.01. The summed E-state index contributed by atoms with van der Waals surface area (Å²) in [5.41, 5.74) is 6.05. The summed E-state index contributed by atoms with van der Waals surface area (Å²) in [6, 6.07) is 11.7. The molecule has 1 aromatic heterocycles. The summed E-state index contributed by atoms with van der Waals surface area (Å²) in [6.45, 7) is 8.01. The van der Waals surface area contributed by atoms with Crippen LogP contribution in [0.2, 0.25) is 0 Å². The molecular formula is C22H24N4O2S3. The zero-order chi connectivity index (χ0) is 22.4. The summed E-state index contributed by atoms with van der Waals surface area (Å²) in [6.07, 6.45) is 0. The largest absolute Gasteiger partial charge is 0.325 e. The molecule has 0 aliphatic heterocycles. The van der Waals surface area contributed by atoms with Crippen molar-refractivity contribution in [1.82, 2.24) is 9.36 Å². The molecule has 1 heterocycles. The highest BCUT2D eigenvalue weighted by atomic mass is 32.2. The number of rotatable bonds is 8. The monoisotopic (exact) mass is 472 g/mol. The van der Waals surface area contributed by atoms with Crippen molar-refractivity contribution >= 4 is 58.2 Å². The van der Waals surface area contributed by atoms with Gasteiger partial charge in [-0.1, -0.05) is 47.8 Å². The minimum Gasteiger partial charge on any atom is -0.325 e. The summed E-state index contributed by atoms with van der Waals surface area (Å²) in [5.74, 6) is 0.285. The van der Waals surface area contributed by atoms with Gasteiger partial charge in [0, 0.05) is 11.4 Å². The van der Waals surface area contributed by atoms with Crippen molar-refractivity contribution < 1.29 is 9.59 Å². The van der Waals surface area contributed by atoms with Crippen molar-refractivity contribution in [2.24, 2.45) is 0 Å². The van der Waals surface area contributed by atoms with Crippen LogP contribution in [0.3, 0.4) is 0 Å². The van der Waals surface area contributed by atoms with Crippen LogP contribution in [-0.2, 0) is 9.59 Å². The van der Waals surface area contributed by atoms with Crippen LogP contribution in [0, 0.1) is 27.7 Å². The molecule has 2 amide bonds. The lowest BCUT2D eigenvalue weighted by Crippen LogP contribution is -2.15. The van der Waals surface area contributed by atoms with E-state index in [1.54, 1.807) is 0 Å². The summed E-state index contributed by atoms with van der Waals surface area (Å²) in [4.78, 5) is 28.9. The first-order valence-electron chi connectivity index (χ1n) is 9.65. The van der Waals surface area contributed by atoms with E-state index in [1.807, 2.05) is 64.1 Å². The summed E-state index contributed by atoms with van der Waals surface area (Å²) >= 11 is 3.85. The van der Waals surface area contributed by atoms with E-state index >= 15 is 0 Å². The number of carbonyl (C=O) groups excluding carboxylic acids is 2. The van der Waals surface area contributed by atoms with Crippen LogP contribution in [0.4, 0.5) is 11.4 Å². The van der Waals surface area contributed by atoms with Gasteiger partial charge in [0.1, 0.15) is 0 Å². The van der Waals surface area contributed by atoms with E-state index in [2.05, 4.69) is 20.0 Å². The molecule has 162 valence electrons. The minimum absolute atomic E-state index is 0.0870. The average Bonchev–Trinajstić information content (AvgIpc) is 3.20. The van der Waals surface area contributed by atoms with E-state index in [0.717, 1.165) is 33.6 Å². The highest BCUT2D eigenvalue weighted by Crippen LogP contribution is 2.26. The van der Waals surface area contributed by atoms with Crippen LogP contribution >= 0.6 is 35.1 Å². The lowest BCUT2D eigenvalue weighted by molar-refractivity contribution is -0.114. The maximum atomic E-state index is 12.3. The minimum atomic E-state index is -0.101. The number of thioether (sulfide) groups is 2. The predicted octanol–water partition coefficient (Wildman–Crippen LogP) is 5.23. The molecule has 31 heavy (non-hydrogen) atoms. The van der Waals surface area contributed by atoms with Crippen LogP contribution < -0.4 is 10.6 Å². The lowest BCUT2D eigenvalue weighted by atomic mass is 10.1. The Bertz CT molecular complexity index is 1010. The van der Waals surface area contributed by atoms with Gasteiger partial charge in [-0.2, -0.15) is 4.37 Å². The van der Waals surface area contributed by atoms with Crippen LogP contribution in [0.1, 0.15) is 22.3 Å². The third kappa shape index (κ3) is 6.56. The highest BCUT2D eigenvalue weighted by molar-refractivity contribution is 8.02. The first-order chi connectivity index (χ1) is 14.8. The number of amides is 2. The second kappa shape index (κ2) is 10.8. The molecule has 6 nitrogen and oxygen atoms in total. The second-order valence-corrected chi connectivity index (χ2v) is 9.93. The smallest absolute Gasteiger partial charge is 0.234 e. The molecule has 0 radical (unpaired) electrons. The molecule has 9 heteroatoms. The molecule has 0 atom stereocenters. The maximum absolute atomic E-state index is 12.3. The molecule has 3 rings (SSSR count). The van der Waals surface area contributed by atoms with Crippen molar-refractivity contribution in [3.05, 3.63) is 58.7 Å². The average molecular weight is 473 g/mol. The Morgan fingerprint density at radius 2 is 1.35 bits per heavy atom. The Labute approximate surface area is 194 Å². The van der Waals surface area contributed by atoms with E-state index in [9.17, 15) is 9.59 Å². The predicted molar refractivity (Wildman–Crippen MR) is 130 cm³/mol. The van der Waals surface area contributed by atoms with Gasteiger partial charge in [0.25, 0.3) is 0 Å². The zero-order valence-corrected chi connectivity index (χ0v) is 20.3. The van der Waals surface area contributed by atoms with Gasteiger partial charge in [-0.15, -0.1) is 0 Å². The third-order valence-corrected chi connectivity index (χ3v) is 7.60. The molecule has 0 aliphatic rings. The normalized spacial score (nSPS) is 10.7. The fourth-order valence-corrected chi connectivity index (χ4v) is 4.95. The lowest BCUT2D eigenvalue weighted by Gasteiger charge is -2.09. The SMILES string of the molecule is Cc1cccc(NC(=O)CSc2nsc(SCC(=O)Nc3cccc(C)c3C)n2)c1C. The zero-order valence-electron chi connectivity index (χ0n) is 17.8. The Balaban J connectivity index is 1.45. The molecule has 3 aromatic rings. The fourth-order valence-electron chi connectivity index (χ4n) is 2.72. The van der Waals surface area contributed by atoms with Crippen LogP contribution in [0.15, 0.2) is 45.9 Å². The van der Waals surface area contributed by atoms with Crippen LogP contribution in [0.25, 0.3) is 0 Å². The van der Waals surface area contributed by atoms with Gasteiger partial charge in [-0.3, -0.25) is 9.59 Å². The van der Waals surface area contributed by atoms with E-state index in [-0.39, 0.29) is 23.3 Å². The van der Waals surface area contributed by atoms with E-state index in [0.29, 0.717) is 9.50 Å². The molecule has 0 saturated carbocycles. The first kappa shape index (κ1) is 23.3. The molecule has 2 aromatic carbocycles. The number of hydrogen-bond acceptors (Lipinski definition) is 7. The summed E-state index contributed by atoms with van der Waals surface area (Å²) in [5, 5.41) is 6.41. The van der Waals surface area contributed by atoms with Crippen molar-refractivity contribution in [1.29, 1.82) is 0 Å². The molecule has 2 N–H and O–H groups in total. The maximum Gasteiger partial charge on any atom is 0.234 e. The standard InChI is InChI=1S/C22H24N4O2S3/c1-13-7-5-9-17(15(13)3)23-19(27)11-29-21-25-22(31-26-21)30-12-20(28)24-18-10-6-8-14(2)16(18)4/h5-10H,11-12H2,1-4H3,(H,23,27)(H,24,28). The molecule has 0 spiro atoms. The Hall–Kier alpha value is -2.36. The van der Waals surface area contributed by atoms with Crippen LogP contribution in [0.5, 0.6) is 0 Å². The topological polar surface area (TPSA) is 84.0 Å². The van der Waals surface area contributed by atoms with Gasteiger partial charge >= 0.3 is 0 Å². The number of aromatic nitrogens is 2. The van der Waals surface area contributed by atoms with Gasteiger partial charge in [0.15, 0.2) is 4.34 Å². The number of aryl methyl sites for hydroxylation is 2. The van der Waals surface area contributed by atoms with Gasteiger partial charge in [0.05, 0.1) is 11.5 Å². The van der Waals surface area contributed by atoms with Gasteiger partial charge < -0.3 is 10.6 Å². The molecule has 0 unspecified atom stereocenters. The quantitative estimate of drug-likeness (QED) is 0.437.